The van der Waals surface area contributed by atoms with Crippen molar-refractivity contribution in [3.05, 3.63) is 71.7 Å². The zero-order valence-corrected chi connectivity index (χ0v) is 17.8. The predicted molar refractivity (Wildman–Crippen MR) is 113 cm³/mol. The van der Waals surface area contributed by atoms with Gasteiger partial charge in [-0.15, -0.1) is 0 Å². The van der Waals surface area contributed by atoms with Crippen LogP contribution in [0.5, 0.6) is 0 Å². The van der Waals surface area contributed by atoms with Crippen LogP contribution in [0, 0.1) is 6.92 Å². The predicted octanol–water partition coefficient (Wildman–Crippen LogP) is 3.25. The highest BCUT2D eigenvalue weighted by atomic mass is 16.5. The molecule has 0 radical (unpaired) electrons. The fraction of sp³-hybridized carbons (Fsp3) is 0.273. The molecular formula is C22H23N7O2. The Bertz CT molecular complexity index is 1210. The first kappa shape index (κ1) is 20.4. The molecule has 31 heavy (non-hydrogen) atoms. The first-order valence-corrected chi connectivity index (χ1v) is 9.85. The number of rotatable bonds is 5. The molecule has 0 aromatic carbocycles. The highest BCUT2D eigenvalue weighted by Crippen LogP contribution is 2.24. The van der Waals surface area contributed by atoms with E-state index in [-0.39, 0.29) is 11.3 Å². The third kappa shape index (κ3) is 4.35. The van der Waals surface area contributed by atoms with Gasteiger partial charge in [0.15, 0.2) is 11.6 Å². The topological polar surface area (TPSA) is 112 Å². The largest absolute Gasteiger partial charge is 0.348 e. The fourth-order valence-electron chi connectivity index (χ4n) is 2.96. The van der Waals surface area contributed by atoms with Crippen molar-refractivity contribution in [3.8, 4) is 17.3 Å². The molecule has 158 valence electrons. The summed E-state index contributed by atoms with van der Waals surface area (Å²) in [7, 11) is 0. The first-order valence-electron chi connectivity index (χ1n) is 9.85. The molecule has 1 N–H and O–H groups in total. The summed E-state index contributed by atoms with van der Waals surface area (Å²) in [5.41, 5.74) is 2.59. The minimum absolute atomic E-state index is 0.213. The van der Waals surface area contributed by atoms with E-state index in [9.17, 15) is 4.79 Å². The van der Waals surface area contributed by atoms with Crippen LogP contribution in [0.1, 0.15) is 48.2 Å². The molecule has 9 heteroatoms. The van der Waals surface area contributed by atoms with Crippen LogP contribution < -0.4 is 5.32 Å². The highest BCUT2D eigenvalue weighted by molar-refractivity contribution is 5.95. The van der Waals surface area contributed by atoms with E-state index in [0.29, 0.717) is 35.3 Å². The van der Waals surface area contributed by atoms with Crippen LogP contribution in [0.2, 0.25) is 0 Å². The SMILES string of the molecule is Cc1c(C(=O)NCc2cccnc2)cnn1-c1cc(-c2nc(C(C)(C)C)no2)ccn1. The third-order valence-electron chi connectivity index (χ3n) is 4.74. The standard InChI is InChI=1S/C22H23N7O2/c1-14-17(19(30)25-12-15-6-5-8-23-11-15)13-26-29(14)18-10-16(7-9-24-18)20-27-21(28-31-20)22(2,3)4/h5-11,13H,12H2,1-4H3,(H,25,30). The lowest BCUT2D eigenvalue weighted by atomic mass is 9.96. The van der Waals surface area contributed by atoms with Gasteiger partial charge in [-0.25, -0.2) is 9.67 Å². The molecule has 9 nitrogen and oxygen atoms in total. The van der Waals surface area contributed by atoms with Crippen LogP contribution >= 0.6 is 0 Å². The van der Waals surface area contributed by atoms with Gasteiger partial charge in [0.05, 0.1) is 17.5 Å². The monoisotopic (exact) mass is 417 g/mol. The number of hydrogen-bond acceptors (Lipinski definition) is 7. The molecule has 4 rings (SSSR count). The Morgan fingerprint density at radius 2 is 2.03 bits per heavy atom. The van der Waals surface area contributed by atoms with Crippen molar-refractivity contribution in [1.82, 2.24) is 35.2 Å². The molecule has 0 aliphatic rings. The Labute approximate surface area is 179 Å². The van der Waals surface area contributed by atoms with Crippen LogP contribution in [0.3, 0.4) is 0 Å². The molecule has 0 aliphatic carbocycles. The average molecular weight is 417 g/mol. The van der Waals surface area contributed by atoms with Crippen molar-refractivity contribution in [2.75, 3.05) is 0 Å². The average Bonchev–Trinajstić information content (AvgIpc) is 3.40. The van der Waals surface area contributed by atoms with E-state index in [1.54, 1.807) is 35.4 Å². The molecule has 1 amide bonds. The molecule has 0 saturated carbocycles. The van der Waals surface area contributed by atoms with Gasteiger partial charge in [0.25, 0.3) is 11.8 Å². The van der Waals surface area contributed by atoms with Gasteiger partial charge in [-0.1, -0.05) is 32.0 Å². The zero-order valence-electron chi connectivity index (χ0n) is 17.8. The summed E-state index contributed by atoms with van der Waals surface area (Å²) < 4.78 is 7.04. The van der Waals surface area contributed by atoms with Gasteiger partial charge in [-0.2, -0.15) is 10.1 Å². The summed E-state index contributed by atoms with van der Waals surface area (Å²) in [6, 6.07) is 7.33. The van der Waals surface area contributed by atoms with E-state index < -0.39 is 0 Å². The zero-order chi connectivity index (χ0) is 22.0. The van der Waals surface area contributed by atoms with Gasteiger partial charge in [-0.3, -0.25) is 9.78 Å². The van der Waals surface area contributed by atoms with Crippen LogP contribution in [0.15, 0.2) is 53.6 Å². The summed E-state index contributed by atoms with van der Waals surface area (Å²) in [6.07, 6.45) is 6.59. The van der Waals surface area contributed by atoms with Crippen LogP contribution in [-0.4, -0.2) is 35.8 Å². The lowest BCUT2D eigenvalue weighted by molar-refractivity contribution is 0.0950. The lowest BCUT2D eigenvalue weighted by Crippen LogP contribution is -2.23. The van der Waals surface area contributed by atoms with Gasteiger partial charge in [0.1, 0.15) is 0 Å². The summed E-state index contributed by atoms with van der Waals surface area (Å²) in [5.74, 6) is 1.38. The van der Waals surface area contributed by atoms with Gasteiger partial charge < -0.3 is 9.84 Å². The van der Waals surface area contributed by atoms with Gasteiger partial charge >= 0.3 is 0 Å². The molecule has 4 aromatic heterocycles. The quantitative estimate of drug-likeness (QED) is 0.530. The molecule has 0 unspecified atom stereocenters. The minimum Gasteiger partial charge on any atom is -0.348 e. The van der Waals surface area contributed by atoms with Crippen molar-refractivity contribution in [2.45, 2.75) is 39.7 Å². The van der Waals surface area contributed by atoms with E-state index in [1.807, 2.05) is 39.8 Å². The maximum absolute atomic E-state index is 12.6. The Morgan fingerprint density at radius 3 is 2.74 bits per heavy atom. The summed E-state index contributed by atoms with van der Waals surface area (Å²) in [6.45, 7) is 8.28. The second-order valence-corrected chi connectivity index (χ2v) is 8.18. The maximum Gasteiger partial charge on any atom is 0.258 e. The number of amides is 1. The van der Waals surface area contributed by atoms with Crippen LogP contribution in [0.25, 0.3) is 17.3 Å². The lowest BCUT2D eigenvalue weighted by Gasteiger charge is -2.10. The van der Waals surface area contributed by atoms with Crippen molar-refractivity contribution in [3.63, 3.8) is 0 Å². The van der Waals surface area contributed by atoms with E-state index in [1.165, 1.54) is 6.20 Å². The molecular weight excluding hydrogens is 394 g/mol. The van der Waals surface area contributed by atoms with E-state index >= 15 is 0 Å². The van der Waals surface area contributed by atoms with Crippen LogP contribution in [0.4, 0.5) is 0 Å². The van der Waals surface area contributed by atoms with Gasteiger partial charge in [0, 0.05) is 36.1 Å². The van der Waals surface area contributed by atoms with Crippen molar-refractivity contribution >= 4 is 5.91 Å². The number of carbonyl (C=O) groups excluding carboxylic acids is 1. The normalized spacial score (nSPS) is 11.5. The summed E-state index contributed by atoms with van der Waals surface area (Å²) in [5, 5.41) is 11.3. The smallest absolute Gasteiger partial charge is 0.258 e. The molecule has 0 fully saturated rings. The molecule has 0 saturated heterocycles. The van der Waals surface area contributed by atoms with Crippen molar-refractivity contribution < 1.29 is 9.32 Å². The van der Waals surface area contributed by atoms with Crippen molar-refractivity contribution in [2.24, 2.45) is 0 Å². The number of aromatic nitrogens is 6. The number of nitrogens with one attached hydrogen (secondary N) is 1. The van der Waals surface area contributed by atoms with E-state index in [4.69, 9.17) is 4.52 Å². The highest BCUT2D eigenvalue weighted by Gasteiger charge is 2.22. The molecule has 0 bridgehead atoms. The molecule has 4 aromatic rings. The number of carbonyl (C=O) groups is 1. The maximum atomic E-state index is 12.6. The number of pyridine rings is 2. The van der Waals surface area contributed by atoms with Gasteiger partial charge in [-0.05, 0) is 30.7 Å². The van der Waals surface area contributed by atoms with E-state index in [2.05, 4.69) is 30.5 Å². The molecule has 4 heterocycles. The third-order valence-corrected chi connectivity index (χ3v) is 4.74. The Balaban J connectivity index is 1.55. The summed E-state index contributed by atoms with van der Waals surface area (Å²) >= 11 is 0. The van der Waals surface area contributed by atoms with Crippen LogP contribution in [-0.2, 0) is 12.0 Å². The number of nitrogens with zero attached hydrogens (tertiary/aromatic N) is 6. The second kappa shape index (κ2) is 8.10. The Hall–Kier alpha value is -3.88. The Kier molecular flexibility index (Phi) is 5.33. The van der Waals surface area contributed by atoms with E-state index in [0.717, 1.165) is 11.1 Å². The summed E-state index contributed by atoms with van der Waals surface area (Å²) in [4.78, 5) is 25.6. The van der Waals surface area contributed by atoms with Gasteiger partial charge in [0.2, 0.25) is 0 Å². The first-order chi connectivity index (χ1) is 14.8. The minimum atomic E-state index is -0.214. The second-order valence-electron chi connectivity index (χ2n) is 8.18. The van der Waals surface area contributed by atoms with Crippen molar-refractivity contribution in [1.29, 1.82) is 0 Å². The Morgan fingerprint density at radius 1 is 1.19 bits per heavy atom. The molecule has 0 spiro atoms. The number of hydrogen-bond donors (Lipinski definition) is 1. The fourth-order valence-corrected chi connectivity index (χ4v) is 2.96. The molecule has 0 atom stereocenters. The molecule has 0 aliphatic heterocycles.